The maximum Gasteiger partial charge on any atom is 0.227 e. The van der Waals surface area contributed by atoms with Crippen LogP contribution in [0.15, 0.2) is 0 Å². The van der Waals surface area contributed by atoms with E-state index in [0.717, 1.165) is 38.9 Å². The van der Waals surface area contributed by atoms with Gasteiger partial charge in [0.1, 0.15) is 0 Å². The number of likely N-dealkylation sites (tertiary alicyclic amines) is 1. The van der Waals surface area contributed by atoms with E-state index in [1.54, 1.807) is 0 Å². The van der Waals surface area contributed by atoms with Crippen molar-refractivity contribution in [3.63, 3.8) is 0 Å². The molecule has 4 nitrogen and oxygen atoms in total. The molecule has 98 valence electrons. The molecule has 0 spiro atoms. The molecule has 17 heavy (non-hydrogen) atoms. The summed E-state index contributed by atoms with van der Waals surface area (Å²) < 4.78 is 0. The van der Waals surface area contributed by atoms with Gasteiger partial charge >= 0.3 is 0 Å². The molecule has 0 aliphatic carbocycles. The number of rotatable bonds is 3. The number of aliphatic hydroxyl groups excluding tert-OH is 1. The molecule has 2 saturated heterocycles. The average molecular weight is 240 g/mol. The highest BCUT2D eigenvalue weighted by Crippen LogP contribution is 2.25. The predicted molar refractivity (Wildman–Crippen MR) is 66.6 cm³/mol. The Hall–Kier alpha value is -0.610. The number of aliphatic hydroxyl groups is 1. The minimum absolute atomic E-state index is 0.147. The fourth-order valence-corrected chi connectivity index (χ4v) is 3.09. The molecule has 0 aromatic carbocycles. The molecule has 2 rings (SSSR count). The van der Waals surface area contributed by atoms with Crippen LogP contribution in [0, 0.1) is 11.8 Å². The Morgan fingerprint density at radius 2 is 2.24 bits per heavy atom. The quantitative estimate of drug-likeness (QED) is 0.760. The number of hydrogen-bond donors (Lipinski definition) is 2. The van der Waals surface area contributed by atoms with Crippen LogP contribution < -0.4 is 5.32 Å². The number of nitrogens with zero attached hydrogens (tertiary/aromatic N) is 1. The van der Waals surface area contributed by atoms with Crippen molar-refractivity contribution in [2.24, 2.45) is 11.8 Å². The minimum Gasteiger partial charge on any atom is -0.396 e. The van der Waals surface area contributed by atoms with Crippen LogP contribution in [0.4, 0.5) is 0 Å². The number of carbonyl (C=O) groups is 1. The van der Waals surface area contributed by atoms with Crippen molar-refractivity contribution < 1.29 is 9.90 Å². The first-order valence-corrected chi connectivity index (χ1v) is 6.86. The second-order valence-corrected chi connectivity index (χ2v) is 5.44. The van der Waals surface area contributed by atoms with Crippen LogP contribution in [0.2, 0.25) is 0 Å². The van der Waals surface area contributed by atoms with Crippen LogP contribution in [0.1, 0.15) is 32.6 Å². The second kappa shape index (κ2) is 5.83. The third-order valence-corrected chi connectivity index (χ3v) is 4.21. The van der Waals surface area contributed by atoms with Gasteiger partial charge in [0.05, 0.1) is 5.92 Å². The minimum atomic E-state index is 0.147. The highest BCUT2D eigenvalue weighted by Gasteiger charge is 2.36. The van der Waals surface area contributed by atoms with Crippen molar-refractivity contribution in [1.82, 2.24) is 10.2 Å². The molecule has 1 amide bonds. The van der Waals surface area contributed by atoms with E-state index in [4.69, 9.17) is 5.11 Å². The Balaban J connectivity index is 2.00. The zero-order valence-corrected chi connectivity index (χ0v) is 10.7. The number of hydrogen-bond acceptors (Lipinski definition) is 3. The topological polar surface area (TPSA) is 52.6 Å². The maximum atomic E-state index is 12.5. The fourth-order valence-electron chi connectivity index (χ4n) is 3.09. The van der Waals surface area contributed by atoms with E-state index in [1.165, 1.54) is 6.42 Å². The van der Waals surface area contributed by atoms with Gasteiger partial charge in [-0.05, 0) is 38.1 Å². The molecule has 0 saturated carbocycles. The Labute approximate surface area is 103 Å². The lowest BCUT2D eigenvalue weighted by Crippen LogP contribution is -2.48. The lowest BCUT2D eigenvalue weighted by atomic mass is 9.92. The van der Waals surface area contributed by atoms with Crippen LogP contribution in [-0.4, -0.2) is 48.2 Å². The first kappa shape index (κ1) is 12.8. The number of carbonyl (C=O) groups excluding carboxylic acids is 1. The highest BCUT2D eigenvalue weighted by atomic mass is 16.3. The van der Waals surface area contributed by atoms with Gasteiger partial charge in [0.15, 0.2) is 0 Å². The Kier molecular flexibility index (Phi) is 4.40. The summed E-state index contributed by atoms with van der Waals surface area (Å²) in [5.41, 5.74) is 0. The van der Waals surface area contributed by atoms with Crippen molar-refractivity contribution in [2.75, 3.05) is 26.2 Å². The molecule has 4 heteroatoms. The molecule has 0 aromatic rings. The van der Waals surface area contributed by atoms with Crippen molar-refractivity contribution in [2.45, 2.75) is 38.6 Å². The van der Waals surface area contributed by atoms with Crippen LogP contribution >= 0.6 is 0 Å². The molecule has 2 fully saturated rings. The van der Waals surface area contributed by atoms with E-state index < -0.39 is 0 Å². The Morgan fingerprint density at radius 1 is 1.41 bits per heavy atom. The molecule has 0 aromatic heterocycles. The second-order valence-electron chi connectivity index (χ2n) is 5.44. The van der Waals surface area contributed by atoms with Gasteiger partial charge in [0.25, 0.3) is 0 Å². The smallest absolute Gasteiger partial charge is 0.227 e. The summed E-state index contributed by atoms with van der Waals surface area (Å²) in [5, 5.41) is 12.4. The van der Waals surface area contributed by atoms with Crippen LogP contribution in [0.25, 0.3) is 0 Å². The summed E-state index contributed by atoms with van der Waals surface area (Å²) in [6.45, 7) is 4.99. The van der Waals surface area contributed by atoms with Crippen LogP contribution in [-0.2, 0) is 4.79 Å². The van der Waals surface area contributed by atoms with E-state index in [1.807, 2.05) is 4.90 Å². The molecule has 0 radical (unpaired) electrons. The summed E-state index contributed by atoms with van der Waals surface area (Å²) >= 11 is 0. The molecular weight excluding hydrogens is 216 g/mol. The lowest BCUT2D eigenvalue weighted by molar-refractivity contribution is -0.140. The van der Waals surface area contributed by atoms with E-state index in [-0.39, 0.29) is 18.6 Å². The summed E-state index contributed by atoms with van der Waals surface area (Å²) in [5.74, 6) is 0.897. The summed E-state index contributed by atoms with van der Waals surface area (Å²) in [6, 6.07) is 0.272. The number of piperidine rings is 1. The van der Waals surface area contributed by atoms with Gasteiger partial charge in [-0.2, -0.15) is 0 Å². The molecular formula is C13H24N2O2. The van der Waals surface area contributed by atoms with E-state index >= 15 is 0 Å². The summed E-state index contributed by atoms with van der Waals surface area (Å²) in [6.07, 6.45) is 4.09. The van der Waals surface area contributed by atoms with Gasteiger partial charge < -0.3 is 15.3 Å². The Bertz CT molecular complexity index is 268. The first-order chi connectivity index (χ1) is 8.24. The zero-order chi connectivity index (χ0) is 12.3. The van der Waals surface area contributed by atoms with Crippen LogP contribution in [0.3, 0.4) is 0 Å². The summed E-state index contributed by atoms with van der Waals surface area (Å²) in [4.78, 5) is 14.5. The monoisotopic (exact) mass is 240 g/mol. The molecule has 1 unspecified atom stereocenters. The van der Waals surface area contributed by atoms with E-state index in [9.17, 15) is 4.79 Å². The molecule has 2 N–H and O–H groups in total. The van der Waals surface area contributed by atoms with Gasteiger partial charge in [0, 0.05) is 25.7 Å². The Morgan fingerprint density at radius 3 is 2.88 bits per heavy atom. The van der Waals surface area contributed by atoms with Crippen molar-refractivity contribution in [1.29, 1.82) is 0 Å². The molecule has 3 atom stereocenters. The zero-order valence-electron chi connectivity index (χ0n) is 10.7. The van der Waals surface area contributed by atoms with Crippen LogP contribution in [0.5, 0.6) is 0 Å². The fraction of sp³-hybridized carbons (Fsp3) is 0.923. The lowest BCUT2D eigenvalue weighted by Gasteiger charge is -2.37. The first-order valence-electron chi connectivity index (χ1n) is 6.86. The van der Waals surface area contributed by atoms with Gasteiger partial charge in [-0.15, -0.1) is 0 Å². The van der Waals surface area contributed by atoms with Gasteiger partial charge in [-0.25, -0.2) is 0 Å². The van der Waals surface area contributed by atoms with Gasteiger partial charge in [-0.1, -0.05) is 6.92 Å². The summed E-state index contributed by atoms with van der Waals surface area (Å²) in [7, 11) is 0. The predicted octanol–water partition coefficient (Wildman–Crippen LogP) is 0.605. The normalized spacial score (nSPS) is 34.0. The molecule has 0 bridgehead atoms. The SMILES string of the molecule is C[C@@H]1CNC[C@H]1C(=O)N1CCCCC1CCO. The molecule has 2 heterocycles. The van der Waals surface area contributed by atoms with E-state index in [0.29, 0.717) is 11.8 Å². The number of amides is 1. The standard InChI is InChI=1S/C13H24N2O2/c1-10-8-14-9-12(10)13(17)15-6-3-2-4-11(15)5-7-16/h10-12,14,16H,2-9H2,1H3/t10-,11?,12-/m1/s1. The third kappa shape index (κ3) is 2.80. The van der Waals surface area contributed by atoms with Gasteiger partial charge in [-0.3, -0.25) is 4.79 Å². The highest BCUT2D eigenvalue weighted by molar-refractivity contribution is 5.80. The maximum absolute atomic E-state index is 12.5. The average Bonchev–Trinajstić information content (AvgIpc) is 2.76. The molecule has 2 aliphatic heterocycles. The van der Waals surface area contributed by atoms with E-state index in [2.05, 4.69) is 12.2 Å². The number of nitrogens with one attached hydrogen (secondary N) is 1. The van der Waals surface area contributed by atoms with Crippen molar-refractivity contribution in [3.8, 4) is 0 Å². The third-order valence-electron chi connectivity index (χ3n) is 4.21. The van der Waals surface area contributed by atoms with Gasteiger partial charge in [0.2, 0.25) is 5.91 Å². The van der Waals surface area contributed by atoms with Crippen molar-refractivity contribution in [3.05, 3.63) is 0 Å². The van der Waals surface area contributed by atoms with Crippen molar-refractivity contribution >= 4 is 5.91 Å². The largest absolute Gasteiger partial charge is 0.396 e. The molecule has 2 aliphatic rings.